The first-order valence-corrected chi connectivity index (χ1v) is 18.0. The molecule has 296 valence electrons. The van der Waals surface area contributed by atoms with Crippen LogP contribution in [0.3, 0.4) is 0 Å². The molecule has 0 saturated carbocycles. The molecule has 0 fully saturated rings. The van der Waals surface area contributed by atoms with Crippen LogP contribution in [0, 0.1) is 0 Å². The summed E-state index contributed by atoms with van der Waals surface area (Å²) in [4.78, 5) is 26.0. The van der Waals surface area contributed by atoms with Gasteiger partial charge in [-0.2, -0.15) is 0 Å². The quantitative estimate of drug-likeness (QED) is 0.139. The second kappa shape index (κ2) is 16.8. The molecule has 0 aliphatic carbocycles. The Bertz CT molecular complexity index is 1960. The number of hydrogen-bond acceptors (Lipinski definition) is 11. The fourth-order valence-electron chi connectivity index (χ4n) is 6.39. The van der Waals surface area contributed by atoms with Gasteiger partial charge in [-0.25, -0.2) is 0 Å². The number of ketones is 2. The summed E-state index contributed by atoms with van der Waals surface area (Å²) in [6.07, 6.45) is 6.46. The SMILES string of the molecule is COc1cc(C(C)C(=O)c2ccc3c(c2)C=CC(C)(C)O3)cc(OC)c1OC.COc1cc(C(O)C(=O)c2ccc3c(c2)C=CC(C)(C)O3)cc(OC)c1OC. The van der Waals surface area contributed by atoms with Crippen LogP contribution < -0.4 is 37.9 Å². The van der Waals surface area contributed by atoms with Crippen molar-refractivity contribution in [2.24, 2.45) is 0 Å². The van der Waals surface area contributed by atoms with E-state index in [0.29, 0.717) is 56.9 Å². The van der Waals surface area contributed by atoms with Crippen LogP contribution >= 0.6 is 0 Å². The van der Waals surface area contributed by atoms with Gasteiger partial charge in [-0.15, -0.1) is 0 Å². The third-order valence-electron chi connectivity index (χ3n) is 9.49. The number of methoxy groups -OCH3 is 6. The van der Waals surface area contributed by atoms with Gasteiger partial charge in [0.05, 0.1) is 42.7 Å². The van der Waals surface area contributed by atoms with Crippen molar-refractivity contribution >= 4 is 23.7 Å². The molecule has 2 unspecified atom stereocenters. The van der Waals surface area contributed by atoms with Crippen molar-refractivity contribution in [2.45, 2.75) is 57.8 Å². The third-order valence-corrected chi connectivity index (χ3v) is 9.49. The molecule has 11 heteroatoms. The molecule has 0 bridgehead atoms. The molecule has 1 N–H and O–H groups in total. The second-order valence-electron chi connectivity index (χ2n) is 14.4. The smallest absolute Gasteiger partial charge is 0.203 e. The van der Waals surface area contributed by atoms with Gasteiger partial charge < -0.3 is 43.0 Å². The average molecular weight is 767 g/mol. The zero-order chi connectivity index (χ0) is 40.9. The zero-order valence-electron chi connectivity index (χ0n) is 33.8. The predicted molar refractivity (Wildman–Crippen MR) is 215 cm³/mol. The lowest BCUT2D eigenvalue weighted by Crippen LogP contribution is -2.27. The summed E-state index contributed by atoms with van der Waals surface area (Å²) in [6.45, 7) is 9.79. The van der Waals surface area contributed by atoms with E-state index in [4.69, 9.17) is 37.9 Å². The molecule has 2 atom stereocenters. The summed E-state index contributed by atoms with van der Waals surface area (Å²) < 4.78 is 43.9. The highest BCUT2D eigenvalue weighted by molar-refractivity contribution is 6.02. The highest BCUT2D eigenvalue weighted by atomic mass is 16.5. The van der Waals surface area contributed by atoms with Crippen molar-refractivity contribution in [1.82, 2.24) is 0 Å². The summed E-state index contributed by atoms with van der Waals surface area (Å²) in [6, 6.07) is 17.4. The van der Waals surface area contributed by atoms with Crippen LogP contribution in [0.2, 0.25) is 0 Å². The molecular formula is C45H50O11. The molecular weight excluding hydrogens is 716 g/mol. The van der Waals surface area contributed by atoms with Gasteiger partial charge in [0.2, 0.25) is 11.5 Å². The van der Waals surface area contributed by atoms with E-state index < -0.39 is 17.5 Å². The Morgan fingerprint density at radius 1 is 0.554 bits per heavy atom. The lowest BCUT2D eigenvalue weighted by Gasteiger charge is -2.28. The molecule has 4 aromatic rings. The van der Waals surface area contributed by atoms with Gasteiger partial charge in [0.15, 0.2) is 34.6 Å². The van der Waals surface area contributed by atoms with Gasteiger partial charge in [-0.05, 0) is 112 Å². The number of hydrogen-bond donors (Lipinski definition) is 1. The van der Waals surface area contributed by atoms with Crippen molar-refractivity contribution in [3.63, 3.8) is 0 Å². The van der Waals surface area contributed by atoms with E-state index in [2.05, 4.69) is 0 Å². The summed E-state index contributed by atoms with van der Waals surface area (Å²) in [5, 5.41) is 10.7. The van der Waals surface area contributed by atoms with E-state index in [1.807, 2.05) is 89.3 Å². The molecule has 2 heterocycles. The molecule has 4 aromatic carbocycles. The van der Waals surface area contributed by atoms with Gasteiger partial charge in [-0.3, -0.25) is 9.59 Å². The van der Waals surface area contributed by atoms with E-state index in [-0.39, 0.29) is 17.3 Å². The topological polar surface area (TPSA) is 128 Å². The number of carbonyl (C=O) groups is 2. The number of aliphatic hydroxyl groups is 1. The van der Waals surface area contributed by atoms with E-state index in [9.17, 15) is 14.7 Å². The van der Waals surface area contributed by atoms with E-state index in [1.165, 1.54) is 21.3 Å². The Hall–Kier alpha value is -5.94. The minimum Gasteiger partial charge on any atom is -0.493 e. The molecule has 0 radical (unpaired) electrons. The maximum atomic E-state index is 13.1. The molecule has 0 spiro atoms. The molecule has 56 heavy (non-hydrogen) atoms. The zero-order valence-corrected chi connectivity index (χ0v) is 33.8. The van der Waals surface area contributed by atoms with Crippen molar-refractivity contribution in [2.75, 3.05) is 42.7 Å². The maximum absolute atomic E-state index is 13.1. The number of Topliss-reactive ketones (excluding diaryl/α,β-unsaturated/α-hetero) is 2. The summed E-state index contributed by atoms with van der Waals surface area (Å²) in [7, 11) is 9.12. The molecule has 0 amide bonds. The largest absolute Gasteiger partial charge is 0.493 e. The summed E-state index contributed by atoms with van der Waals surface area (Å²) in [5.41, 5.74) is 3.12. The Kier molecular flexibility index (Phi) is 12.4. The van der Waals surface area contributed by atoms with Crippen LogP contribution in [0.5, 0.6) is 46.0 Å². The molecule has 6 rings (SSSR count). The Morgan fingerprint density at radius 3 is 1.30 bits per heavy atom. The second-order valence-corrected chi connectivity index (χ2v) is 14.4. The van der Waals surface area contributed by atoms with Crippen LogP contribution in [0.25, 0.3) is 12.2 Å². The van der Waals surface area contributed by atoms with Crippen LogP contribution in [-0.2, 0) is 0 Å². The van der Waals surface area contributed by atoms with Gasteiger partial charge in [0.25, 0.3) is 0 Å². The third kappa shape index (κ3) is 8.79. The Labute approximate surface area is 328 Å². The van der Waals surface area contributed by atoms with Crippen LogP contribution in [-0.4, -0.2) is 70.5 Å². The molecule has 0 saturated heterocycles. The van der Waals surface area contributed by atoms with E-state index in [0.717, 1.165) is 22.4 Å². The molecule has 0 aromatic heterocycles. The lowest BCUT2D eigenvalue weighted by molar-refractivity contribution is 0.0746. The average Bonchev–Trinajstić information content (AvgIpc) is 3.20. The summed E-state index contributed by atoms with van der Waals surface area (Å²) >= 11 is 0. The van der Waals surface area contributed by atoms with Gasteiger partial charge >= 0.3 is 0 Å². The molecule has 11 nitrogen and oxygen atoms in total. The van der Waals surface area contributed by atoms with E-state index >= 15 is 0 Å². The lowest BCUT2D eigenvalue weighted by atomic mass is 9.90. The number of rotatable bonds is 12. The minimum absolute atomic E-state index is 0.00954. The van der Waals surface area contributed by atoms with Gasteiger partial charge in [-0.1, -0.05) is 19.1 Å². The Morgan fingerprint density at radius 2 is 0.929 bits per heavy atom. The first-order chi connectivity index (χ1) is 26.6. The normalized spacial score (nSPS) is 15.2. The number of carbonyl (C=O) groups excluding carboxylic acids is 2. The van der Waals surface area contributed by atoms with Crippen molar-refractivity contribution in [3.8, 4) is 46.0 Å². The standard InChI is InChI=1S/C23H26O5.C22H24O6/c1-14(17-12-19(25-4)22(27-6)20(13-17)26-5)21(24)16-7-8-18-15(11-16)9-10-23(2,3)28-18;1-22(2)9-8-13-10-14(6-7-16(13)28-22)19(23)20(24)15-11-17(25-3)21(27-5)18(12-15)26-4/h7-14H,1-6H3;6-12,20,24H,1-5H3. The maximum Gasteiger partial charge on any atom is 0.203 e. The van der Waals surface area contributed by atoms with Crippen LogP contribution in [0.15, 0.2) is 72.8 Å². The van der Waals surface area contributed by atoms with Crippen LogP contribution in [0.4, 0.5) is 0 Å². The fraction of sp³-hybridized carbons (Fsp3) is 0.333. The number of fused-ring (bicyclic) bond motifs is 2. The highest BCUT2D eigenvalue weighted by Crippen LogP contribution is 2.42. The minimum atomic E-state index is -1.38. The number of ether oxygens (including phenoxy) is 8. The number of aliphatic hydroxyl groups excluding tert-OH is 1. The first kappa shape index (κ1) is 41.2. The fourth-order valence-corrected chi connectivity index (χ4v) is 6.39. The Balaban J connectivity index is 0.000000214. The molecule has 2 aliphatic heterocycles. The van der Waals surface area contributed by atoms with E-state index in [1.54, 1.807) is 51.7 Å². The van der Waals surface area contributed by atoms with Crippen molar-refractivity contribution in [3.05, 3.63) is 106 Å². The van der Waals surface area contributed by atoms with Crippen molar-refractivity contribution in [1.29, 1.82) is 0 Å². The highest BCUT2D eigenvalue weighted by Gasteiger charge is 2.28. The summed E-state index contributed by atoms with van der Waals surface area (Å²) in [5.74, 6) is 3.37. The predicted octanol–water partition coefficient (Wildman–Crippen LogP) is 8.70. The monoisotopic (exact) mass is 766 g/mol. The van der Waals surface area contributed by atoms with Gasteiger partial charge in [0, 0.05) is 28.2 Å². The van der Waals surface area contributed by atoms with Crippen LogP contribution in [0.1, 0.15) is 89.6 Å². The van der Waals surface area contributed by atoms with Crippen molar-refractivity contribution < 1.29 is 52.6 Å². The molecule has 2 aliphatic rings. The van der Waals surface area contributed by atoms with Gasteiger partial charge in [0.1, 0.15) is 28.8 Å². The first-order valence-electron chi connectivity index (χ1n) is 18.0. The number of benzene rings is 4.